The van der Waals surface area contributed by atoms with Crippen LogP contribution in [0.2, 0.25) is 0 Å². The zero-order chi connectivity index (χ0) is 44.9. The Morgan fingerprint density at radius 1 is 0.875 bits per heavy atom. The van der Waals surface area contributed by atoms with Gasteiger partial charge in [0.1, 0.15) is 11.1 Å². The summed E-state index contributed by atoms with van der Waals surface area (Å²) in [6.45, 7) is 10.4. The van der Waals surface area contributed by atoms with Gasteiger partial charge in [0.2, 0.25) is 5.91 Å². The van der Waals surface area contributed by atoms with Crippen molar-refractivity contribution in [2.24, 2.45) is 0 Å². The first-order chi connectivity index (χ1) is 30.7. The van der Waals surface area contributed by atoms with Crippen molar-refractivity contribution in [2.75, 3.05) is 16.8 Å². The van der Waals surface area contributed by atoms with E-state index in [1.165, 1.54) is 18.1 Å². The molecule has 2 saturated carbocycles. The number of carboxylic acid groups (broad SMARTS) is 1. The molecule has 0 radical (unpaired) electrons. The molecule has 0 spiro atoms. The Hall–Kier alpha value is -6.34. The number of thiazole rings is 1. The minimum atomic E-state index is -1.10. The van der Waals surface area contributed by atoms with Crippen molar-refractivity contribution >= 4 is 74.5 Å². The monoisotopic (exact) mass is 878 g/mol. The summed E-state index contributed by atoms with van der Waals surface area (Å²) in [6, 6.07) is 21.1. The van der Waals surface area contributed by atoms with Crippen molar-refractivity contribution in [1.29, 1.82) is 0 Å². The first kappa shape index (κ1) is 42.9. The van der Waals surface area contributed by atoms with Gasteiger partial charge in [-0.3, -0.25) is 14.5 Å². The van der Waals surface area contributed by atoms with Crippen LogP contribution in [-0.2, 0) is 20.9 Å². The standard InChI is InChI=1S/C51H54N6O6S/c1-30-46(64-31(2)52-30)40-23-20-36-39(54-40)22-21-38-44(36)57(49(62)63-50(3,4)5)28-27-56-41-29-34(16-19-37(41)43(45(38)56)33-11-7-6-8-12-33)47(60)55-51(25-9-10-26-51)48(61)53-35-17-13-32(14-18-35)15-24-42(58)59/h13-24,29,33H,6-12,25-28H2,1-5H3,(H,53,61)(H,55,60)(H,58,59)/b24-15+. The van der Waals surface area contributed by atoms with Crippen molar-refractivity contribution in [3.8, 4) is 21.8 Å². The lowest BCUT2D eigenvalue weighted by atomic mass is 9.81. The van der Waals surface area contributed by atoms with Crippen molar-refractivity contribution in [2.45, 2.75) is 116 Å². The Bertz CT molecular complexity index is 2860. The quantitative estimate of drug-likeness (QED) is 0.128. The molecule has 13 heteroatoms. The number of rotatable bonds is 8. The fraction of sp³-hybridized carbons (Fsp3) is 0.373. The second-order valence-electron chi connectivity index (χ2n) is 18.5. The molecular formula is C51H54N6O6S. The predicted molar refractivity (Wildman–Crippen MR) is 253 cm³/mol. The molecule has 64 heavy (non-hydrogen) atoms. The number of nitrogens with zero attached hydrogens (tertiary/aromatic N) is 4. The number of amides is 3. The van der Waals surface area contributed by atoms with E-state index in [2.05, 4.69) is 44.5 Å². The van der Waals surface area contributed by atoms with Crippen LogP contribution in [0.15, 0.2) is 72.8 Å². The predicted octanol–water partition coefficient (Wildman–Crippen LogP) is 11.2. The molecule has 0 atom stereocenters. The summed E-state index contributed by atoms with van der Waals surface area (Å²) in [5.41, 5.74) is 7.31. The topological polar surface area (TPSA) is 156 Å². The van der Waals surface area contributed by atoms with Crippen LogP contribution < -0.4 is 15.5 Å². The number of hydrogen-bond acceptors (Lipinski definition) is 8. The van der Waals surface area contributed by atoms with Crippen molar-refractivity contribution in [3.63, 3.8) is 0 Å². The Kier molecular flexibility index (Phi) is 11.4. The molecule has 3 aromatic carbocycles. The van der Waals surface area contributed by atoms with Crippen LogP contribution in [0.4, 0.5) is 16.2 Å². The van der Waals surface area contributed by atoms with Crippen LogP contribution in [-0.4, -0.2) is 61.2 Å². The smallest absolute Gasteiger partial charge is 0.414 e. The number of benzene rings is 3. The molecule has 0 saturated heterocycles. The normalized spacial score (nSPS) is 16.4. The third-order valence-electron chi connectivity index (χ3n) is 12.9. The largest absolute Gasteiger partial charge is 0.478 e. The maximum absolute atomic E-state index is 14.5. The number of carbonyl (C=O) groups is 4. The first-order valence-corrected chi connectivity index (χ1v) is 23.2. The Labute approximate surface area is 376 Å². The highest BCUT2D eigenvalue weighted by Gasteiger charge is 2.43. The van der Waals surface area contributed by atoms with E-state index in [0.29, 0.717) is 42.7 Å². The molecule has 12 nitrogen and oxygen atoms in total. The molecule has 3 N–H and O–H groups in total. The van der Waals surface area contributed by atoms with Gasteiger partial charge in [-0.1, -0.05) is 50.3 Å². The second-order valence-corrected chi connectivity index (χ2v) is 19.7. The van der Waals surface area contributed by atoms with E-state index < -0.39 is 23.2 Å². The van der Waals surface area contributed by atoms with E-state index >= 15 is 0 Å². The van der Waals surface area contributed by atoms with Crippen LogP contribution >= 0.6 is 11.3 Å². The number of nitrogens with one attached hydrogen (secondary N) is 2. The zero-order valence-electron chi connectivity index (χ0n) is 37.0. The summed E-state index contributed by atoms with van der Waals surface area (Å²) in [7, 11) is 0. The lowest BCUT2D eigenvalue weighted by Crippen LogP contribution is -2.55. The summed E-state index contributed by atoms with van der Waals surface area (Å²) in [5.74, 6) is -1.36. The van der Waals surface area contributed by atoms with Gasteiger partial charge in [0.25, 0.3) is 5.91 Å². The second kappa shape index (κ2) is 17.0. The Morgan fingerprint density at radius 2 is 1.61 bits per heavy atom. The van der Waals surface area contributed by atoms with Crippen LogP contribution in [0.3, 0.4) is 0 Å². The summed E-state index contributed by atoms with van der Waals surface area (Å²) in [4.78, 5) is 66.4. The highest BCUT2D eigenvalue weighted by molar-refractivity contribution is 7.15. The number of anilines is 2. The average molecular weight is 879 g/mol. The molecule has 3 amide bonds. The third kappa shape index (κ3) is 8.29. The van der Waals surface area contributed by atoms with E-state index in [-0.39, 0.29) is 17.7 Å². The molecule has 3 aliphatic rings. The van der Waals surface area contributed by atoms with Gasteiger partial charge in [-0.25, -0.2) is 19.6 Å². The molecule has 6 aromatic rings. The number of carbonyl (C=O) groups excluding carboxylic acids is 3. The SMILES string of the molecule is Cc1nc(C)c(-c2ccc3c4c(ccc3n2)-c2c(C3CCCCC3)c3ccc(C(=O)NC5(C(=O)Nc6ccc(/C=C/C(=O)O)cc6)CCCC5)cc3n2CCN4C(=O)OC(C)(C)C)s1. The van der Waals surface area contributed by atoms with Gasteiger partial charge in [0, 0.05) is 52.3 Å². The zero-order valence-corrected chi connectivity index (χ0v) is 37.9. The highest BCUT2D eigenvalue weighted by atomic mass is 32.1. The summed E-state index contributed by atoms with van der Waals surface area (Å²) >= 11 is 1.62. The van der Waals surface area contributed by atoms with Crippen LogP contribution in [0, 0.1) is 13.8 Å². The van der Waals surface area contributed by atoms with Crippen LogP contribution in [0.5, 0.6) is 0 Å². The molecule has 2 aliphatic carbocycles. The molecule has 1 aliphatic heterocycles. The van der Waals surface area contributed by atoms with Crippen molar-refractivity contribution in [1.82, 2.24) is 19.9 Å². The lowest BCUT2D eigenvalue weighted by molar-refractivity contribution is -0.131. The van der Waals surface area contributed by atoms with Gasteiger partial charge in [-0.15, -0.1) is 11.3 Å². The number of ether oxygens (including phenoxy) is 1. The maximum Gasteiger partial charge on any atom is 0.414 e. The number of aromatic nitrogens is 3. The minimum absolute atomic E-state index is 0.283. The average Bonchev–Trinajstić information content (AvgIpc) is 3.94. The summed E-state index contributed by atoms with van der Waals surface area (Å²) in [5, 5.41) is 18.1. The Morgan fingerprint density at radius 3 is 2.30 bits per heavy atom. The number of aryl methyl sites for hydroxylation is 2. The van der Waals surface area contributed by atoms with Gasteiger partial charge in [-0.2, -0.15) is 0 Å². The number of pyridine rings is 1. The summed E-state index contributed by atoms with van der Waals surface area (Å²) < 4.78 is 8.40. The molecule has 3 aromatic heterocycles. The van der Waals surface area contributed by atoms with Gasteiger partial charge >= 0.3 is 12.1 Å². The van der Waals surface area contributed by atoms with E-state index in [4.69, 9.17) is 14.8 Å². The van der Waals surface area contributed by atoms with Gasteiger partial charge in [0.15, 0.2) is 0 Å². The van der Waals surface area contributed by atoms with Crippen molar-refractivity contribution < 1.29 is 29.0 Å². The molecular weight excluding hydrogens is 825 g/mol. The number of aliphatic carboxylic acids is 1. The number of carboxylic acids is 1. The van der Waals surface area contributed by atoms with Gasteiger partial charge < -0.3 is 25.0 Å². The fourth-order valence-electron chi connectivity index (χ4n) is 9.99. The molecule has 330 valence electrons. The summed E-state index contributed by atoms with van der Waals surface area (Å²) in [6.07, 6.45) is 10.3. The van der Waals surface area contributed by atoms with Gasteiger partial charge in [-0.05, 0) is 132 Å². The highest BCUT2D eigenvalue weighted by Crippen LogP contribution is 2.49. The maximum atomic E-state index is 14.5. The van der Waals surface area contributed by atoms with E-state index in [1.807, 2.05) is 52.8 Å². The number of hydrogen-bond donors (Lipinski definition) is 3. The van der Waals surface area contributed by atoms with E-state index in [1.54, 1.807) is 40.5 Å². The Balaban J connectivity index is 1.13. The van der Waals surface area contributed by atoms with E-state index in [0.717, 1.165) is 105 Å². The van der Waals surface area contributed by atoms with Crippen LogP contribution in [0.1, 0.15) is 117 Å². The molecule has 0 unspecified atom stereocenters. The third-order valence-corrected chi connectivity index (χ3v) is 14.0. The first-order valence-electron chi connectivity index (χ1n) is 22.4. The molecule has 4 heterocycles. The number of fused-ring (bicyclic) bond motifs is 7. The lowest BCUT2D eigenvalue weighted by Gasteiger charge is -2.29. The molecule has 0 bridgehead atoms. The molecule has 9 rings (SSSR count). The minimum Gasteiger partial charge on any atom is -0.478 e. The van der Waals surface area contributed by atoms with E-state index in [9.17, 15) is 19.2 Å². The molecule has 2 fully saturated rings. The van der Waals surface area contributed by atoms with Gasteiger partial charge in [0.05, 0.1) is 38.2 Å². The fourth-order valence-corrected chi connectivity index (χ4v) is 10.9. The van der Waals surface area contributed by atoms with Crippen LogP contribution in [0.25, 0.3) is 49.7 Å². The van der Waals surface area contributed by atoms with Crippen molar-refractivity contribution in [3.05, 3.63) is 100 Å².